The summed E-state index contributed by atoms with van der Waals surface area (Å²) in [7, 11) is -2.40. The third-order valence-electron chi connectivity index (χ3n) is 5.62. The van der Waals surface area contributed by atoms with Crippen LogP contribution >= 0.6 is 11.6 Å². The van der Waals surface area contributed by atoms with E-state index in [0.29, 0.717) is 5.02 Å². The Morgan fingerprint density at radius 2 is 1.80 bits per heavy atom. The average molecular weight is 517 g/mol. The molecule has 2 aromatic carbocycles. The number of nitrogens with one attached hydrogen (secondary N) is 1. The zero-order chi connectivity index (χ0) is 25.9. The quantitative estimate of drug-likeness (QED) is 0.357. The number of halogens is 1. The lowest BCUT2D eigenvalue weighted by atomic mass is 10.1. The molecule has 186 valence electrons. The second-order valence-electron chi connectivity index (χ2n) is 8.28. The summed E-state index contributed by atoms with van der Waals surface area (Å²) in [5, 5.41) is 4.38. The number of aryl methyl sites for hydroxylation is 3. The number of carbonyl (C=O) groups excluding carboxylic acids is 1. The van der Waals surface area contributed by atoms with Crippen molar-refractivity contribution < 1.29 is 17.9 Å². The normalized spacial score (nSPS) is 11.6. The van der Waals surface area contributed by atoms with Crippen LogP contribution < -0.4 is 14.5 Å². The number of para-hydroxylation sites is 1. The van der Waals surface area contributed by atoms with Gasteiger partial charge < -0.3 is 9.30 Å². The van der Waals surface area contributed by atoms with E-state index in [1.54, 1.807) is 12.3 Å². The Bertz CT molecular complexity index is 1380. The molecule has 0 saturated carbocycles. The molecule has 0 aliphatic carbocycles. The van der Waals surface area contributed by atoms with Gasteiger partial charge in [0.2, 0.25) is 10.0 Å². The van der Waals surface area contributed by atoms with Crippen molar-refractivity contribution in [2.45, 2.75) is 27.7 Å². The Hall–Kier alpha value is -3.30. The number of anilines is 1. The fourth-order valence-electron chi connectivity index (χ4n) is 4.00. The number of aromatic nitrogens is 1. The molecule has 0 fully saturated rings. The lowest BCUT2D eigenvalue weighted by Crippen LogP contribution is -2.39. The van der Waals surface area contributed by atoms with Crippen molar-refractivity contribution in [3.63, 3.8) is 0 Å². The molecule has 8 nitrogen and oxygen atoms in total. The number of sulfonamides is 1. The zero-order valence-electron chi connectivity index (χ0n) is 20.6. The highest BCUT2D eigenvalue weighted by Crippen LogP contribution is 2.32. The van der Waals surface area contributed by atoms with E-state index in [0.717, 1.165) is 44.3 Å². The molecule has 3 rings (SSSR count). The fourth-order valence-corrected chi connectivity index (χ4v) is 5.02. The Morgan fingerprint density at radius 1 is 1.14 bits per heavy atom. The number of hydrogen-bond donors (Lipinski definition) is 1. The van der Waals surface area contributed by atoms with E-state index in [2.05, 4.69) is 41.1 Å². The minimum absolute atomic E-state index is 0.166. The Labute approximate surface area is 211 Å². The van der Waals surface area contributed by atoms with Crippen LogP contribution in [0.15, 0.2) is 47.6 Å². The number of methoxy groups -OCH3 is 1. The Kier molecular flexibility index (Phi) is 7.92. The first-order chi connectivity index (χ1) is 16.4. The first-order valence-corrected chi connectivity index (χ1v) is 13.1. The van der Waals surface area contributed by atoms with Gasteiger partial charge in [0, 0.05) is 22.0 Å². The number of hydrazone groups is 1. The van der Waals surface area contributed by atoms with Crippen LogP contribution in [0.3, 0.4) is 0 Å². The summed E-state index contributed by atoms with van der Waals surface area (Å²) in [6.45, 7) is 7.64. The predicted molar refractivity (Wildman–Crippen MR) is 141 cm³/mol. The molecule has 0 radical (unpaired) electrons. The number of hydrogen-bond acceptors (Lipinski definition) is 5. The highest BCUT2D eigenvalue weighted by Gasteiger charge is 2.24. The van der Waals surface area contributed by atoms with Gasteiger partial charge in [0.05, 0.1) is 31.0 Å². The molecule has 35 heavy (non-hydrogen) atoms. The number of ether oxygens (including phenoxy) is 1. The lowest BCUT2D eigenvalue weighted by molar-refractivity contribution is -0.119. The van der Waals surface area contributed by atoms with E-state index < -0.39 is 22.5 Å². The molecule has 0 bridgehead atoms. The Morgan fingerprint density at radius 3 is 2.40 bits per heavy atom. The van der Waals surface area contributed by atoms with Gasteiger partial charge in [-0.25, -0.2) is 13.8 Å². The van der Waals surface area contributed by atoms with Crippen LogP contribution in [0.2, 0.25) is 5.02 Å². The first-order valence-electron chi connectivity index (χ1n) is 10.8. The smallest absolute Gasteiger partial charge is 0.260 e. The topological polar surface area (TPSA) is 93.0 Å². The standard InChI is InChI=1S/C25H29ClN4O4S/c1-16-8-7-9-17(2)25(16)30-18(3)12-20(19(30)4)14-27-28-24(31)15-29(35(6,32)33)22-13-21(26)10-11-23(22)34-5/h7-14H,15H2,1-6H3,(H,28,31)/b27-14-. The summed E-state index contributed by atoms with van der Waals surface area (Å²) < 4.78 is 33.2. The van der Waals surface area contributed by atoms with Gasteiger partial charge in [-0.15, -0.1) is 0 Å². The summed E-state index contributed by atoms with van der Waals surface area (Å²) in [6.07, 6.45) is 2.56. The van der Waals surface area contributed by atoms with Crippen LogP contribution in [-0.4, -0.2) is 45.0 Å². The molecule has 0 aliphatic heterocycles. The maximum Gasteiger partial charge on any atom is 0.260 e. The van der Waals surface area contributed by atoms with Crippen molar-refractivity contribution in [1.82, 2.24) is 9.99 Å². The van der Waals surface area contributed by atoms with E-state index in [9.17, 15) is 13.2 Å². The molecule has 0 spiro atoms. The second-order valence-corrected chi connectivity index (χ2v) is 10.6. The monoisotopic (exact) mass is 516 g/mol. The highest BCUT2D eigenvalue weighted by atomic mass is 35.5. The van der Waals surface area contributed by atoms with Gasteiger partial charge in [0.15, 0.2) is 0 Å². The van der Waals surface area contributed by atoms with Crippen molar-refractivity contribution in [3.8, 4) is 11.4 Å². The van der Waals surface area contributed by atoms with Crippen LogP contribution in [0.5, 0.6) is 5.75 Å². The van der Waals surface area contributed by atoms with E-state index in [1.165, 1.54) is 19.2 Å². The number of nitrogens with zero attached hydrogens (tertiary/aromatic N) is 3. The molecule has 0 aliphatic rings. The van der Waals surface area contributed by atoms with E-state index >= 15 is 0 Å². The molecule has 1 heterocycles. The summed E-state index contributed by atoms with van der Waals surface area (Å²) in [5.74, 6) is -0.340. The van der Waals surface area contributed by atoms with Crippen molar-refractivity contribution in [2.24, 2.45) is 5.10 Å². The van der Waals surface area contributed by atoms with Crippen molar-refractivity contribution >= 4 is 39.4 Å². The van der Waals surface area contributed by atoms with Gasteiger partial charge in [-0.3, -0.25) is 9.10 Å². The minimum atomic E-state index is -3.81. The second kappa shape index (κ2) is 10.5. The molecule has 0 atom stereocenters. The summed E-state index contributed by atoms with van der Waals surface area (Å²) in [5.41, 5.74) is 8.84. The zero-order valence-corrected chi connectivity index (χ0v) is 22.2. The molecular formula is C25H29ClN4O4S. The minimum Gasteiger partial charge on any atom is -0.495 e. The first kappa shape index (κ1) is 26.3. The Balaban J connectivity index is 1.82. The van der Waals surface area contributed by atoms with E-state index in [-0.39, 0.29) is 11.4 Å². The molecule has 10 heteroatoms. The molecule has 3 aromatic rings. The molecule has 1 amide bonds. The van der Waals surface area contributed by atoms with Crippen LogP contribution in [0, 0.1) is 27.7 Å². The molecule has 1 aromatic heterocycles. The maximum atomic E-state index is 12.6. The number of amides is 1. The fraction of sp³-hybridized carbons (Fsp3) is 0.280. The molecular weight excluding hydrogens is 488 g/mol. The molecule has 0 unspecified atom stereocenters. The number of carbonyl (C=O) groups is 1. The van der Waals surface area contributed by atoms with Crippen LogP contribution in [0.1, 0.15) is 28.1 Å². The van der Waals surface area contributed by atoms with Gasteiger partial charge in [0.25, 0.3) is 5.91 Å². The van der Waals surface area contributed by atoms with Gasteiger partial charge in [-0.05, 0) is 63.1 Å². The van der Waals surface area contributed by atoms with Crippen molar-refractivity contribution in [1.29, 1.82) is 0 Å². The van der Waals surface area contributed by atoms with E-state index in [4.69, 9.17) is 16.3 Å². The number of benzene rings is 2. The molecule has 0 saturated heterocycles. The summed E-state index contributed by atoms with van der Waals surface area (Å²) >= 11 is 6.05. The maximum absolute atomic E-state index is 12.6. The van der Waals surface area contributed by atoms with Gasteiger partial charge in [-0.2, -0.15) is 5.10 Å². The summed E-state index contributed by atoms with van der Waals surface area (Å²) in [4.78, 5) is 12.6. The van der Waals surface area contributed by atoms with E-state index in [1.807, 2.05) is 26.0 Å². The third kappa shape index (κ3) is 5.86. The van der Waals surface area contributed by atoms with Crippen molar-refractivity contribution in [3.05, 3.63) is 75.6 Å². The van der Waals surface area contributed by atoms with Crippen molar-refractivity contribution in [2.75, 3.05) is 24.2 Å². The van der Waals surface area contributed by atoms with Crippen LogP contribution in [0.25, 0.3) is 5.69 Å². The van der Waals surface area contributed by atoms with Gasteiger partial charge >= 0.3 is 0 Å². The third-order valence-corrected chi connectivity index (χ3v) is 6.98. The lowest BCUT2D eigenvalue weighted by Gasteiger charge is -2.23. The van der Waals surface area contributed by atoms with Gasteiger partial charge in [-0.1, -0.05) is 29.8 Å². The number of rotatable bonds is 8. The largest absolute Gasteiger partial charge is 0.495 e. The highest BCUT2D eigenvalue weighted by molar-refractivity contribution is 7.92. The van der Waals surface area contributed by atoms with Crippen LogP contribution in [0.4, 0.5) is 5.69 Å². The molecule has 1 N–H and O–H groups in total. The average Bonchev–Trinajstić information content (AvgIpc) is 3.04. The van der Waals surface area contributed by atoms with Crippen LogP contribution in [-0.2, 0) is 14.8 Å². The predicted octanol–water partition coefficient (Wildman–Crippen LogP) is 4.29. The summed E-state index contributed by atoms with van der Waals surface area (Å²) in [6, 6.07) is 12.7. The SMILES string of the molecule is COc1ccc(Cl)cc1N(CC(=O)N/N=C\c1cc(C)n(-c2c(C)cccc2C)c1C)S(C)(=O)=O. The van der Waals surface area contributed by atoms with Gasteiger partial charge in [0.1, 0.15) is 12.3 Å².